The number of aliphatic hydroxyl groups is 1. The van der Waals surface area contributed by atoms with E-state index in [0.717, 1.165) is 12.8 Å². The molecule has 0 saturated heterocycles. The first-order chi connectivity index (χ1) is 4.81. The zero-order valence-electron chi connectivity index (χ0n) is 7.27. The fraction of sp³-hybridized carbons (Fsp3) is 1.00. The molecule has 0 aromatic heterocycles. The third-order valence-electron chi connectivity index (χ3n) is 1.86. The molecular formula is C9H21NaO. The molecule has 0 spiro atoms. The van der Waals surface area contributed by atoms with Gasteiger partial charge in [-0.3, -0.25) is 0 Å². The zero-order chi connectivity index (χ0) is 7.82. The van der Waals surface area contributed by atoms with E-state index in [0.29, 0.717) is 0 Å². The van der Waals surface area contributed by atoms with E-state index in [4.69, 9.17) is 5.11 Å². The van der Waals surface area contributed by atoms with E-state index in [2.05, 4.69) is 6.92 Å². The fourth-order valence-corrected chi connectivity index (χ4v) is 1.01. The van der Waals surface area contributed by atoms with Gasteiger partial charge in [0.1, 0.15) is 0 Å². The van der Waals surface area contributed by atoms with Crippen LogP contribution in [0.4, 0.5) is 0 Å². The van der Waals surface area contributed by atoms with Crippen molar-refractivity contribution in [2.75, 3.05) is 0 Å². The summed E-state index contributed by atoms with van der Waals surface area (Å²) in [6, 6.07) is 0. The van der Waals surface area contributed by atoms with Gasteiger partial charge in [0, 0.05) is 0 Å². The summed E-state index contributed by atoms with van der Waals surface area (Å²) < 4.78 is 0. The topological polar surface area (TPSA) is 20.2 Å². The van der Waals surface area contributed by atoms with Gasteiger partial charge in [-0.15, -0.1) is 0 Å². The Morgan fingerprint density at radius 3 is 2.18 bits per heavy atom. The van der Waals surface area contributed by atoms with Crippen LogP contribution in [0, 0.1) is 0 Å². The van der Waals surface area contributed by atoms with Crippen molar-refractivity contribution in [2.45, 2.75) is 58.5 Å². The molecule has 0 amide bonds. The normalized spacial score (nSPS) is 12.3. The Balaban J connectivity index is 0. The molecule has 64 valence electrons. The van der Waals surface area contributed by atoms with Crippen LogP contribution in [0.2, 0.25) is 0 Å². The van der Waals surface area contributed by atoms with Gasteiger partial charge >= 0.3 is 29.6 Å². The predicted molar refractivity (Wildman–Crippen MR) is 52.2 cm³/mol. The van der Waals surface area contributed by atoms with Gasteiger partial charge in [-0.25, -0.2) is 0 Å². The summed E-state index contributed by atoms with van der Waals surface area (Å²) in [4.78, 5) is 0. The van der Waals surface area contributed by atoms with Crippen molar-refractivity contribution in [1.29, 1.82) is 0 Å². The zero-order valence-corrected chi connectivity index (χ0v) is 7.27. The molecule has 0 aliphatic heterocycles. The second kappa shape index (κ2) is 11.0. The molecule has 1 nitrogen and oxygen atoms in total. The Morgan fingerprint density at radius 1 is 1.09 bits per heavy atom. The van der Waals surface area contributed by atoms with Crippen LogP contribution in [-0.2, 0) is 0 Å². The summed E-state index contributed by atoms with van der Waals surface area (Å²) in [6.07, 6.45) is 6.94. The molecule has 0 aromatic carbocycles. The van der Waals surface area contributed by atoms with Crippen molar-refractivity contribution in [3.8, 4) is 0 Å². The Kier molecular flexibility index (Phi) is 14.4. The molecule has 0 fully saturated rings. The van der Waals surface area contributed by atoms with Crippen molar-refractivity contribution in [1.82, 2.24) is 0 Å². The minimum atomic E-state index is -0.0446. The van der Waals surface area contributed by atoms with Gasteiger partial charge < -0.3 is 5.11 Å². The van der Waals surface area contributed by atoms with Crippen LogP contribution < -0.4 is 0 Å². The van der Waals surface area contributed by atoms with E-state index in [1.165, 1.54) is 25.7 Å². The first-order valence-corrected chi connectivity index (χ1v) is 4.49. The van der Waals surface area contributed by atoms with E-state index in [1.54, 1.807) is 0 Å². The summed E-state index contributed by atoms with van der Waals surface area (Å²) >= 11 is 0. The van der Waals surface area contributed by atoms with Crippen molar-refractivity contribution in [3.63, 3.8) is 0 Å². The molecule has 0 rings (SSSR count). The summed E-state index contributed by atoms with van der Waals surface area (Å²) in [5, 5.41) is 9.16. The Hall–Kier alpha value is 0.960. The second-order valence-electron chi connectivity index (χ2n) is 2.91. The quantitative estimate of drug-likeness (QED) is 0.475. The van der Waals surface area contributed by atoms with Crippen LogP contribution in [0.15, 0.2) is 0 Å². The number of unbranched alkanes of at least 4 members (excludes halogenated alkanes) is 3. The monoisotopic (exact) mass is 168 g/mol. The average molecular weight is 168 g/mol. The van der Waals surface area contributed by atoms with Crippen molar-refractivity contribution >= 4 is 29.6 Å². The maximum atomic E-state index is 9.16. The van der Waals surface area contributed by atoms with Crippen molar-refractivity contribution < 1.29 is 5.11 Å². The van der Waals surface area contributed by atoms with Crippen LogP contribution in [0.5, 0.6) is 0 Å². The molecule has 0 aliphatic rings. The van der Waals surface area contributed by atoms with Crippen LogP contribution in [-0.4, -0.2) is 40.8 Å². The fourth-order valence-electron chi connectivity index (χ4n) is 1.01. The first-order valence-electron chi connectivity index (χ1n) is 4.49. The molecular weight excluding hydrogens is 147 g/mol. The summed E-state index contributed by atoms with van der Waals surface area (Å²) in [6.45, 7) is 4.24. The summed E-state index contributed by atoms with van der Waals surface area (Å²) in [7, 11) is 0. The molecule has 0 aliphatic carbocycles. The van der Waals surface area contributed by atoms with Crippen molar-refractivity contribution in [3.05, 3.63) is 0 Å². The number of hydrogen-bond donors (Lipinski definition) is 1. The van der Waals surface area contributed by atoms with Crippen LogP contribution >= 0.6 is 0 Å². The molecule has 1 unspecified atom stereocenters. The van der Waals surface area contributed by atoms with Gasteiger partial charge in [0.2, 0.25) is 0 Å². The van der Waals surface area contributed by atoms with E-state index in [9.17, 15) is 0 Å². The Bertz CT molecular complexity index is 66.6. The van der Waals surface area contributed by atoms with E-state index in [-0.39, 0.29) is 35.7 Å². The molecule has 0 aromatic rings. The predicted octanol–water partition coefficient (Wildman–Crippen LogP) is 2.08. The molecule has 1 atom stereocenters. The van der Waals surface area contributed by atoms with Crippen molar-refractivity contribution in [2.24, 2.45) is 0 Å². The molecule has 1 N–H and O–H groups in total. The van der Waals surface area contributed by atoms with E-state index >= 15 is 0 Å². The molecule has 0 bridgehead atoms. The van der Waals surface area contributed by atoms with Gasteiger partial charge in [-0.2, -0.15) is 0 Å². The van der Waals surface area contributed by atoms with Crippen LogP contribution in [0.1, 0.15) is 52.4 Å². The molecule has 2 heteroatoms. The van der Waals surface area contributed by atoms with E-state index < -0.39 is 0 Å². The van der Waals surface area contributed by atoms with Crippen LogP contribution in [0.3, 0.4) is 0 Å². The maximum absolute atomic E-state index is 9.16. The minimum absolute atomic E-state index is 0. The molecule has 0 radical (unpaired) electrons. The standard InChI is InChI=1S/C9H20O.Na.H/c1-3-5-6-7-8-9(10)4-2;;/h9-10H,3-8H2,1-2H3;;. The summed E-state index contributed by atoms with van der Waals surface area (Å²) in [5.41, 5.74) is 0. The third kappa shape index (κ3) is 11.0. The van der Waals surface area contributed by atoms with Gasteiger partial charge in [-0.05, 0) is 12.8 Å². The van der Waals surface area contributed by atoms with Gasteiger partial charge in [0.05, 0.1) is 6.10 Å². The second-order valence-corrected chi connectivity index (χ2v) is 2.91. The van der Waals surface area contributed by atoms with Crippen LogP contribution in [0.25, 0.3) is 0 Å². The average Bonchev–Trinajstić information content (AvgIpc) is 1.98. The number of aliphatic hydroxyl groups excluding tert-OH is 1. The Labute approximate surface area is 92.9 Å². The molecule has 0 saturated carbocycles. The van der Waals surface area contributed by atoms with Gasteiger partial charge in [0.25, 0.3) is 0 Å². The molecule has 11 heavy (non-hydrogen) atoms. The van der Waals surface area contributed by atoms with Gasteiger partial charge in [0.15, 0.2) is 0 Å². The SMILES string of the molecule is CCCCCCC(O)CC.[NaH]. The molecule has 0 heterocycles. The van der Waals surface area contributed by atoms with E-state index in [1.807, 2.05) is 6.92 Å². The number of hydrogen-bond acceptors (Lipinski definition) is 1. The third-order valence-corrected chi connectivity index (χ3v) is 1.86. The van der Waals surface area contributed by atoms with Gasteiger partial charge in [-0.1, -0.05) is 39.5 Å². The number of rotatable bonds is 6. The Morgan fingerprint density at radius 2 is 1.73 bits per heavy atom. The summed E-state index contributed by atoms with van der Waals surface area (Å²) in [5.74, 6) is 0. The first kappa shape index (κ1) is 14.5.